The summed E-state index contributed by atoms with van der Waals surface area (Å²) in [6.45, 7) is 9.89. The van der Waals surface area contributed by atoms with Crippen LogP contribution in [0.25, 0.3) is 0 Å². The summed E-state index contributed by atoms with van der Waals surface area (Å²) in [5, 5.41) is 12.9. The summed E-state index contributed by atoms with van der Waals surface area (Å²) in [6, 6.07) is 4.70. The van der Waals surface area contributed by atoms with Crippen LogP contribution in [-0.4, -0.2) is 49.5 Å². The van der Waals surface area contributed by atoms with E-state index in [0.717, 1.165) is 37.2 Å². The predicted molar refractivity (Wildman–Crippen MR) is 99.0 cm³/mol. The highest BCUT2D eigenvalue weighted by Gasteiger charge is 2.52. The van der Waals surface area contributed by atoms with E-state index < -0.39 is 18.3 Å². The van der Waals surface area contributed by atoms with Crippen molar-refractivity contribution >= 4 is 18.4 Å². The summed E-state index contributed by atoms with van der Waals surface area (Å²) in [7, 11) is 1.51. The second-order valence-corrected chi connectivity index (χ2v) is 7.89. The fourth-order valence-electron chi connectivity index (χ4n) is 3.30. The highest BCUT2D eigenvalue weighted by Crippen LogP contribution is 2.36. The van der Waals surface area contributed by atoms with Crippen LogP contribution < -0.4 is 15.7 Å². The Labute approximate surface area is 150 Å². The Hall–Kier alpha value is -1.62. The molecule has 3 rings (SSSR count). The molecule has 0 spiro atoms. The fourth-order valence-corrected chi connectivity index (χ4v) is 3.30. The molecular formula is C18H27BN4O2. The van der Waals surface area contributed by atoms with E-state index in [4.69, 9.17) is 9.31 Å². The van der Waals surface area contributed by atoms with Crippen LogP contribution in [0, 0.1) is 11.3 Å². The van der Waals surface area contributed by atoms with E-state index in [1.54, 1.807) is 6.20 Å². The molecule has 25 heavy (non-hydrogen) atoms. The first-order chi connectivity index (χ1) is 11.8. The van der Waals surface area contributed by atoms with Crippen LogP contribution in [-0.2, 0) is 9.31 Å². The zero-order valence-electron chi connectivity index (χ0n) is 15.8. The molecule has 1 aromatic heterocycles. The number of rotatable bonds is 3. The van der Waals surface area contributed by atoms with Gasteiger partial charge in [0.1, 0.15) is 11.9 Å². The molecule has 0 saturated carbocycles. The summed E-state index contributed by atoms with van der Waals surface area (Å²) in [5.41, 5.74) is 0.565. The molecule has 7 heteroatoms. The van der Waals surface area contributed by atoms with Crippen molar-refractivity contribution in [2.45, 2.75) is 57.8 Å². The first kappa shape index (κ1) is 18.2. The quantitative estimate of drug-likeness (QED) is 0.839. The van der Waals surface area contributed by atoms with Gasteiger partial charge in [0.15, 0.2) is 0 Å². The van der Waals surface area contributed by atoms with Gasteiger partial charge >= 0.3 is 7.12 Å². The van der Waals surface area contributed by atoms with Crippen LogP contribution >= 0.6 is 0 Å². The molecule has 2 saturated heterocycles. The van der Waals surface area contributed by atoms with E-state index in [9.17, 15) is 5.26 Å². The average Bonchev–Trinajstić information content (AvgIpc) is 2.82. The van der Waals surface area contributed by atoms with Gasteiger partial charge in [0.2, 0.25) is 0 Å². The molecule has 134 valence electrons. The Morgan fingerprint density at radius 2 is 1.84 bits per heavy atom. The molecule has 6 nitrogen and oxygen atoms in total. The second kappa shape index (κ2) is 6.60. The van der Waals surface area contributed by atoms with Crippen LogP contribution in [0.1, 0.15) is 46.1 Å². The number of hydrogen-bond donors (Lipinski definition) is 1. The van der Waals surface area contributed by atoms with E-state index in [0.29, 0.717) is 11.6 Å². The van der Waals surface area contributed by atoms with E-state index >= 15 is 0 Å². The normalized spacial score (nSPS) is 22.9. The average molecular weight is 342 g/mol. The van der Waals surface area contributed by atoms with Gasteiger partial charge in [0.05, 0.1) is 16.8 Å². The zero-order chi connectivity index (χ0) is 18.2. The van der Waals surface area contributed by atoms with Gasteiger partial charge in [-0.05, 0) is 53.7 Å². The Balaban J connectivity index is 1.81. The van der Waals surface area contributed by atoms with Crippen molar-refractivity contribution in [1.82, 2.24) is 10.3 Å². The van der Waals surface area contributed by atoms with Crippen LogP contribution in [0.15, 0.2) is 12.3 Å². The lowest BCUT2D eigenvalue weighted by Gasteiger charge is -2.33. The van der Waals surface area contributed by atoms with Crippen LogP contribution in [0.4, 0.5) is 5.82 Å². The molecule has 2 aliphatic heterocycles. The molecule has 2 aliphatic rings. The molecule has 0 unspecified atom stereocenters. The standard InChI is InChI=1S/C18H27BN4O2/c1-17(2)18(3,4)25-19(24-17)14-10-13(11-20)16(22-12-14)23-8-6-15(21-5)7-9-23/h10,12,15,21H,6-9H2,1-5H3. The SMILES string of the molecule is CNC1CCN(c2ncc(B3OC(C)(C)C(C)(C)O3)cc2C#N)CC1. The smallest absolute Gasteiger partial charge is 0.399 e. The Kier molecular flexibility index (Phi) is 4.80. The van der Waals surface area contributed by atoms with E-state index in [2.05, 4.69) is 21.3 Å². The molecular weight excluding hydrogens is 315 g/mol. The van der Waals surface area contributed by atoms with Crippen molar-refractivity contribution in [2.24, 2.45) is 0 Å². The number of anilines is 1. The van der Waals surface area contributed by atoms with Crippen molar-refractivity contribution in [3.05, 3.63) is 17.8 Å². The van der Waals surface area contributed by atoms with Gasteiger partial charge < -0.3 is 19.5 Å². The molecule has 0 aliphatic carbocycles. The fraction of sp³-hybridized carbons (Fsp3) is 0.667. The minimum absolute atomic E-state index is 0.405. The zero-order valence-corrected chi connectivity index (χ0v) is 15.8. The first-order valence-corrected chi connectivity index (χ1v) is 8.95. The highest BCUT2D eigenvalue weighted by atomic mass is 16.7. The largest absolute Gasteiger partial charge is 0.496 e. The molecule has 0 bridgehead atoms. The molecule has 0 amide bonds. The number of nitriles is 1. The lowest BCUT2D eigenvalue weighted by molar-refractivity contribution is 0.00578. The lowest BCUT2D eigenvalue weighted by atomic mass is 9.79. The van der Waals surface area contributed by atoms with Gasteiger partial charge in [0, 0.05) is 30.8 Å². The monoisotopic (exact) mass is 342 g/mol. The number of nitrogens with zero attached hydrogens (tertiary/aromatic N) is 3. The van der Waals surface area contributed by atoms with Crippen LogP contribution in [0.3, 0.4) is 0 Å². The van der Waals surface area contributed by atoms with Gasteiger partial charge in [-0.25, -0.2) is 4.98 Å². The summed E-state index contributed by atoms with van der Waals surface area (Å²) in [5.74, 6) is 0.761. The van der Waals surface area contributed by atoms with Gasteiger partial charge in [-0.1, -0.05) is 0 Å². The molecule has 0 radical (unpaired) electrons. The first-order valence-electron chi connectivity index (χ1n) is 8.95. The van der Waals surface area contributed by atoms with Gasteiger partial charge in [-0.3, -0.25) is 0 Å². The van der Waals surface area contributed by atoms with Crippen LogP contribution in [0.2, 0.25) is 0 Å². The van der Waals surface area contributed by atoms with Gasteiger partial charge in [-0.15, -0.1) is 0 Å². The van der Waals surface area contributed by atoms with Crippen molar-refractivity contribution in [1.29, 1.82) is 5.26 Å². The topological polar surface area (TPSA) is 70.4 Å². The second-order valence-electron chi connectivity index (χ2n) is 7.89. The number of pyridine rings is 1. The molecule has 0 atom stereocenters. The molecule has 0 aromatic carbocycles. The Morgan fingerprint density at radius 1 is 1.24 bits per heavy atom. The number of piperidine rings is 1. The van der Waals surface area contributed by atoms with Gasteiger partial charge in [-0.2, -0.15) is 5.26 Å². The van der Waals surface area contributed by atoms with Crippen molar-refractivity contribution < 1.29 is 9.31 Å². The Bertz CT molecular complexity index is 662. The van der Waals surface area contributed by atoms with Crippen LogP contribution in [0.5, 0.6) is 0 Å². The summed E-state index contributed by atoms with van der Waals surface area (Å²) < 4.78 is 12.1. The molecule has 3 heterocycles. The van der Waals surface area contributed by atoms with E-state index in [1.165, 1.54) is 0 Å². The molecule has 2 fully saturated rings. The minimum Gasteiger partial charge on any atom is -0.399 e. The number of aromatic nitrogens is 1. The third-order valence-corrected chi connectivity index (χ3v) is 5.74. The van der Waals surface area contributed by atoms with Crippen molar-refractivity contribution in [3.63, 3.8) is 0 Å². The van der Waals surface area contributed by atoms with E-state index in [1.807, 2.05) is 40.8 Å². The maximum absolute atomic E-state index is 9.61. The predicted octanol–water partition coefficient (Wildman–Crippen LogP) is 1.44. The molecule has 1 aromatic rings. The van der Waals surface area contributed by atoms with Gasteiger partial charge in [0.25, 0.3) is 0 Å². The lowest BCUT2D eigenvalue weighted by Crippen LogP contribution is -2.42. The summed E-state index contributed by atoms with van der Waals surface area (Å²) in [4.78, 5) is 6.78. The maximum atomic E-state index is 9.61. The third kappa shape index (κ3) is 3.39. The van der Waals surface area contributed by atoms with E-state index in [-0.39, 0.29) is 0 Å². The Morgan fingerprint density at radius 3 is 2.36 bits per heavy atom. The highest BCUT2D eigenvalue weighted by molar-refractivity contribution is 6.62. The minimum atomic E-state index is -0.492. The maximum Gasteiger partial charge on any atom is 0.496 e. The summed E-state index contributed by atoms with van der Waals surface area (Å²) in [6.07, 6.45) is 3.90. The third-order valence-electron chi connectivity index (χ3n) is 5.74. The van der Waals surface area contributed by atoms with Crippen molar-refractivity contribution in [3.8, 4) is 6.07 Å². The van der Waals surface area contributed by atoms with Crippen molar-refractivity contribution in [2.75, 3.05) is 25.0 Å². The number of hydrogen-bond acceptors (Lipinski definition) is 6. The number of nitrogens with one attached hydrogen (secondary N) is 1. The summed E-state index contributed by atoms with van der Waals surface area (Å²) >= 11 is 0. The molecule has 1 N–H and O–H groups in total.